The van der Waals surface area contributed by atoms with E-state index in [2.05, 4.69) is 5.32 Å². The SMILES string of the molecule is CCNC(=O)CN(C(=O)O)C1(C)C=CC=CC1. The zero-order chi connectivity index (χ0) is 12.9. The van der Waals surface area contributed by atoms with E-state index in [1.54, 1.807) is 26.0 Å². The minimum atomic E-state index is -1.08. The van der Waals surface area contributed by atoms with Crippen LogP contribution in [0.25, 0.3) is 0 Å². The second-order valence-electron chi connectivity index (χ2n) is 4.17. The quantitative estimate of drug-likeness (QED) is 0.777. The van der Waals surface area contributed by atoms with Crippen molar-refractivity contribution in [3.63, 3.8) is 0 Å². The fourth-order valence-electron chi connectivity index (χ4n) is 1.78. The molecule has 2 amide bonds. The van der Waals surface area contributed by atoms with Gasteiger partial charge in [0.15, 0.2) is 0 Å². The van der Waals surface area contributed by atoms with E-state index in [9.17, 15) is 14.7 Å². The summed E-state index contributed by atoms with van der Waals surface area (Å²) in [7, 11) is 0. The van der Waals surface area contributed by atoms with Gasteiger partial charge in [0, 0.05) is 6.54 Å². The standard InChI is InChI=1S/C12H18N2O3/c1-3-13-10(15)9-14(11(16)17)12(2)7-5-4-6-8-12/h4-7H,3,8-9H2,1-2H3,(H,13,15)(H,16,17). The molecule has 1 rings (SSSR count). The Morgan fingerprint density at radius 3 is 2.65 bits per heavy atom. The summed E-state index contributed by atoms with van der Waals surface area (Å²) in [5.41, 5.74) is -0.647. The second kappa shape index (κ2) is 5.52. The van der Waals surface area contributed by atoms with Crippen LogP contribution in [0.2, 0.25) is 0 Å². The van der Waals surface area contributed by atoms with Crippen molar-refractivity contribution in [2.45, 2.75) is 25.8 Å². The summed E-state index contributed by atoms with van der Waals surface area (Å²) < 4.78 is 0. The molecule has 0 fully saturated rings. The molecule has 0 heterocycles. The van der Waals surface area contributed by atoms with Crippen molar-refractivity contribution in [2.75, 3.05) is 13.1 Å². The molecule has 1 atom stereocenters. The van der Waals surface area contributed by atoms with E-state index in [0.717, 1.165) is 4.90 Å². The molecule has 94 valence electrons. The van der Waals surface area contributed by atoms with Gasteiger partial charge in [-0.05, 0) is 20.3 Å². The van der Waals surface area contributed by atoms with Crippen LogP contribution in [0, 0.1) is 0 Å². The van der Waals surface area contributed by atoms with E-state index in [1.165, 1.54) is 0 Å². The largest absolute Gasteiger partial charge is 0.465 e. The Morgan fingerprint density at radius 1 is 1.47 bits per heavy atom. The van der Waals surface area contributed by atoms with E-state index < -0.39 is 11.6 Å². The van der Waals surface area contributed by atoms with Crippen molar-refractivity contribution in [1.29, 1.82) is 0 Å². The smallest absolute Gasteiger partial charge is 0.408 e. The highest BCUT2D eigenvalue weighted by molar-refractivity contribution is 5.82. The van der Waals surface area contributed by atoms with Crippen LogP contribution in [0.15, 0.2) is 24.3 Å². The Hall–Kier alpha value is -1.78. The molecule has 0 saturated carbocycles. The van der Waals surface area contributed by atoms with Gasteiger partial charge in [0.2, 0.25) is 5.91 Å². The molecule has 1 aliphatic rings. The summed E-state index contributed by atoms with van der Waals surface area (Å²) in [4.78, 5) is 23.9. The Morgan fingerprint density at radius 2 is 2.18 bits per heavy atom. The van der Waals surface area contributed by atoms with Gasteiger partial charge in [0.25, 0.3) is 0 Å². The molecule has 0 aliphatic heterocycles. The van der Waals surface area contributed by atoms with E-state index >= 15 is 0 Å². The third kappa shape index (κ3) is 3.34. The number of carbonyl (C=O) groups is 2. The first-order valence-corrected chi connectivity index (χ1v) is 5.61. The molecule has 1 unspecified atom stereocenters. The third-order valence-corrected chi connectivity index (χ3v) is 2.76. The molecular weight excluding hydrogens is 220 g/mol. The first-order chi connectivity index (χ1) is 7.99. The monoisotopic (exact) mass is 238 g/mol. The normalized spacial score (nSPS) is 22.2. The van der Waals surface area contributed by atoms with Gasteiger partial charge < -0.3 is 10.4 Å². The van der Waals surface area contributed by atoms with Crippen LogP contribution in [0.4, 0.5) is 4.79 Å². The summed E-state index contributed by atoms with van der Waals surface area (Å²) in [6.45, 7) is 3.96. The number of hydrogen-bond donors (Lipinski definition) is 2. The highest BCUT2D eigenvalue weighted by atomic mass is 16.4. The molecule has 17 heavy (non-hydrogen) atoms. The number of hydrogen-bond acceptors (Lipinski definition) is 2. The van der Waals surface area contributed by atoms with Crippen molar-refractivity contribution in [3.05, 3.63) is 24.3 Å². The number of carbonyl (C=O) groups excluding carboxylic acids is 1. The molecule has 0 radical (unpaired) electrons. The lowest BCUT2D eigenvalue weighted by atomic mass is 9.91. The number of nitrogens with zero attached hydrogens (tertiary/aromatic N) is 1. The van der Waals surface area contributed by atoms with Crippen LogP contribution >= 0.6 is 0 Å². The first-order valence-electron chi connectivity index (χ1n) is 5.61. The zero-order valence-corrected chi connectivity index (χ0v) is 10.1. The number of allylic oxidation sites excluding steroid dienone is 2. The van der Waals surface area contributed by atoms with Gasteiger partial charge in [-0.3, -0.25) is 9.69 Å². The van der Waals surface area contributed by atoms with Gasteiger partial charge in [-0.15, -0.1) is 0 Å². The molecule has 0 bridgehead atoms. The maximum absolute atomic E-state index is 11.5. The van der Waals surface area contributed by atoms with Crippen molar-refractivity contribution >= 4 is 12.0 Å². The molecular formula is C12H18N2O3. The summed E-state index contributed by atoms with van der Waals surface area (Å²) in [6, 6.07) is 0. The summed E-state index contributed by atoms with van der Waals surface area (Å²) >= 11 is 0. The number of nitrogens with one attached hydrogen (secondary N) is 1. The molecule has 1 aliphatic carbocycles. The predicted molar refractivity (Wildman–Crippen MR) is 64.7 cm³/mol. The molecule has 0 aromatic heterocycles. The number of rotatable bonds is 4. The van der Waals surface area contributed by atoms with E-state index in [-0.39, 0.29) is 12.5 Å². The Bertz CT molecular complexity index is 363. The predicted octanol–water partition coefficient (Wildman–Crippen LogP) is 1.38. The van der Waals surface area contributed by atoms with Crippen molar-refractivity contribution in [2.24, 2.45) is 0 Å². The minimum Gasteiger partial charge on any atom is -0.465 e. The van der Waals surface area contributed by atoms with Gasteiger partial charge in [-0.1, -0.05) is 24.3 Å². The average molecular weight is 238 g/mol. The van der Waals surface area contributed by atoms with Gasteiger partial charge in [0.1, 0.15) is 6.54 Å². The molecule has 0 aromatic carbocycles. The topological polar surface area (TPSA) is 69.6 Å². The van der Waals surface area contributed by atoms with Crippen molar-refractivity contribution < 1.29 is 14.7 Å². The Labute approximate surface area is 101 Å². The van der Waals surface area contributed by atoms with Gasteiger partial charge in [-0.25, -0.2) is 4.79 Å². The number of amides is 2. The average Bonchev–Trinajstić information content (AvgIpc) is 2.27. The maximum Gasteiger partial charge on any atom is 0.408 e. The van der Waals surface area contributed by atoms with Gasteiger partial charge >= 0.3 is 6.09 Å². The lowest BCUT2D eigenvalue weighted by Crippen LogP contribution is -2.52. The van der Waals surface area contributed by atoms with Gasteiger partial charge in [-0.2, -0.15) is 0 Å². The molecule has 0 aromatic rings. The van der Waals surface area contributed by atoms with Gasteiger partial charge in [0.05, 0.1) is 5.54 Å². The van der Waals surface area contributed by atoms with Crippen LogP contribution in [-0.4, -0.2) is 40.6 Å². The van der Waals surface area contributed by atoms with Crippen LogP contribution in [0.3, 0.4) is 0 Å². The molecule has 5 heteroatoms. The Balaban J connectivity index is 2.79. The van der Waals surface area contributed by atoms with Crippen LogP contribution < -0.4 is 5.32 Å². The minimum absolute atomic E-state index is 0.141. The number of carboxylic acid groups (broad SMARTS) is 1. The van der Waals surface area contributed by atoms with Crippen LogP contribution in [-0.2, 0) is 4.79 Å². The van der Waals surface area contributed by atoms with E-state index in [4.69, 9.17) is 0 Å². The molecule has 2 N–H and O–H groups in total. The fraction of sp³-hybridized carbons (Fsp3) is 0.500. The van der Waals surface area contributed by atoms with Crippen molar-refractivity contribution in [1.82, 2.24) is 10.2 Å². The lowest BCUT2D eigenvalue weighted by molar-refractivity contribution is -0.122. The summed E-state index contributed by atoms with van der Waals surface area (Å²) in [6.07, 6.45) is 6.87. The lowest BCUT2D eigenvalue weighted by Gasteiger charge is -2.37. The number of likely N-dealkylation sites (N-methyl/N-ethyl adjacent to an activating group) is 1. The van der Waals surface area contributed by atoms with Crippen LogP contribution in [0.5, 0.6) is 0 Å². The zero-order valence-electron chi connectivity index (χ0n) is 10.1. The molecule has 0 saturated heterocycles. The highest BCUT2D eigenvalue weighted by Gasteiger charge is 2.34. The second-order valence-corrected chi connectivity index (χ2v) is 4.17. The third-order valence-electron chi connectivity index (χ3n) is 2.76. The maximum atomic E-state index is 11.5. The first kappa shape index (κ1) is 13.3. The Kier molecular flexibility index (Phi) is 4.31. The van der Waals surface area contributed by atoms with E-state index in [1.807, 2.05) is 12.2 Å². The summed E-state index contributed by atoms with van der Waals surface area (Å²) in [5, 5.41) is 11.8. The summed E-state index contributed by atoms with van der Waals surface area (Å²) in [5.74, 6) is -0.279. The van der Waals surface area contributed by atoms with Crippen LogP contribution in [0.1, 0.15) is 20.3 Å². The highest BCUT2D eigenvalue weighted by Crippen LogP contribution is 2.24. The van der Waals surface area contributed by atoms with Crippen molar-refractivity contribution in [3.8, 4) is 0 Å². The van der Waals surface area contributed by atoms with E-state index in [0.29, 0.717) is 13.0 Å². The molecule has 5 nitrogen and oxygen atoms in total. The molecule has 0 spiro atoms. The fourth-order valence-corrected chi connectivity index (χ4v) is 1.78.